The van der Waals surface area contributed by atoms with Gasteiger partial charge in [0, 0.05) is 39.3 Å². The highest BCUT2D eigenvalue weighted by Crippen LogP contribution is 2.04. The third-order valence-electron chi connectivity index (χ3n) is 5.15. The zero-order valence-corrected chi connectivity index (χ0v) is 21.7. The number of hydrogen-bond acceptors (Lipinski definition) is 8. The first-order valence-corrected chi connectivity index (χ1v) is 12.2. The molecule has 2 amide bonds. The topological polar surface area (TPSA) is 112 Å². The average molecular weight is 527 g/mol. The number of nitrogens with zero attached hydrogens (tertiary/aromatic N) is 2. The van der Waals surface area contributed by atoms with E-state index in [0.717, 1.165) is 23.3 Å². The van der Waals surface area contributed by atoms with Crippen LogP contribution in [-0.2, 0) is 41.8 Å². The summed E-state index contributed by atoms with van der Waals surface area (Å²) in [5.74, 6) is -1.39. The van der Waals surface area contributed by atoms with Crippen LogP contribution in [0, 0.1) is 0 Å². The lowest BCUT2D eigenvalue weighted by atomic mass is 10.2. The van der Waals surface area contributed by atoms with Gasteiger partial charge in [0.25, 0.3) is 0 Å². The van der Waals surface area contributed by atoms with Crippen LogP contribution in [-0.4, -0.2) is 74.3 Å². The van der Waals surface area contributed by atoms with Gasteiger partial charge in [0.2, 0.25) is 0 Å². The van der Waals surface area contributed by atoms with Crippen molar-refractivity contribution in [3.8, 4) is 0 Å². The van der Waals surface area contributed by atoms with E-state index in [0.29, 0.717) is 25.9 Å². The first-order valence-electron chi connectivity index (χ1n) is 12.2. The van der Waals surface area contributed by atoms with Gasteiger partial charge < -0.3 is 28.7 Å². The summed E-state index contributed by atoms with van der Waals surface area (Å²) < 4.78 is 20.5. The summed E-state index contributed by atoms with van der Waals surface area (Å²) in [5.41, 5.74) is 1.78. The Kier molecular flexibility index (Phi) is 13.5. The summed E-state index contributed by atoms with van der Waals surface area (Å²) in [7, 11) is 3.19. The number of rotatable bonds is 14. The predicted molar refractivity (Wildman–Crippen MR) is 139 cm³/mol. The molecule has 0 bridgehead atoms. The highest BCUT2D eigenvalue weighted by atomic mass is 16.6. The SMILES string of the molecule is CN(CCCOC(=O)/C=C/C(=O)OCCCN(C)C(=O)OCc1ccccc1)C(=O)OCc1ccccc1. The molecule has 2 aromatic rings. The van der Waals surface area contributed by atoms with Crippen LogP contribution >= 0.6 is 0 Å². The third-order valence-corrected chi connectivity index (χ3v) is 5.15. The first-order chi connectivity index (χ1) is 18.3. The monoisotopic (exact) mass is 526 g/mol. The summed E-state index contributed by atoms with van der Waals surface area (Å²) in [5, 5.41) is 0. The van der Waals surface area contributed by atoms with Gasteiger partial charge in [0.1, 0.15) is 13.2 Å². The molecule has 204 valence electrons. The number of ether oxygens (including phenoxy) is 4. The molecule has 0 fully saturated rings. The molecule has 0 heterocycles. The highest BCUT2D eigenvalue weighted by molar-refractivity contribution is 5.91. The molecule has 10 heteroatoms. The molecular formula is C28H34N2O8. The molecular weight excluding hydrogens is 492 g/mol. The highest BCUT2D eigenvalue weighted by Gasteiger charge is 2.11. The van der Waals surface area contributed by atoms with Crippen molar-refractivity contribution in [2.24, 2.45) is 0 Å². The van der Waals surface area contributed by atoms with Gasteiger partial charge in [-0.1, -0.05) is 60.7 Å². The molecule has 10 nitrogen and oxygen atoms in total. The standard InChI is InChI=1S/C28H34N2O8/c1-29(27(33)37-21-23-11-5-3-6-12-23)17-9-19-35-25(31)15-16-26(32)36-20-10-18-30(2)28(34)38-22-24-13-7-4-8-14-24/h3-8,11-16H,9-10,17-22H2,1-2H3/b16-15+. The summed E-state index contributed by atoms with van der Waals surface area (Å²) >= 11 is 0. The van der Waals surface area contributed by atoms with Crippen LogP contribution in [0.15, 0.2) is 72.8 Å². The maximum Gasteiger partial charge on any atom is 0.409 e. The molecule has 2 aromatic carbocycles. The fraction of sp³-hybridized carbons (Fsp3) is 0.357. The molecule has 0 aliphatic rings. The third kappa shape index (κ3) is 12.6. The van der Waals surface area contributed by atoms with E-state index in [-0.39, 0.29) is 26.4 Å². The van der Waals surface area contributed by atoms with Gasteiger partial charge in [0.05, 0.1) is 13.2 Å². The Hall–Kier alpha value is -4.34. The van der Waals surface area contributed by atoms with Gasteiger partial charge in [-0.15, -0.1) is 0 Å². The summed E-state index contributed by atoms with van der Waals surface area (Å²) in [6.07, 6.45) is 1.82. The number of benzene rings is 2. The van der Waals surface area contributed by atoms with Crippen molar-refractivity contribution in [2.45, 2.75) is 26.1 Å². The van der Waals surface area contributed by atoms with E-state index < -0.39 is 24.1 Å². The Morgan fingerprint density at radius 1 is 0.605 bits per heavy atom. The molecule has 2 rings (SSSR count). The quantitative estimate of drug-likeness (QED) is 0.157. The molecule has 0 N–H and O–H groups in total. The van der Waals surface area contributed by atoms with Crippen LogP contribution in [0.25, 0.3) is 0 Å². The number of esters is 2. The summed E-state index contributed by atoms with van der Waals surface area (Å²) in [4.78, 5) is 50.3. The van der Waals surface area contributed by atoms with Crippen LogP contribution < -0.4 is 0 Å². The van der Waals surface area contributed by atoms with E-state index in [1.54, 1.807) is 14.1 Å². The Labute approximate surface area is 222 Å². The van der Waals surface area contributed by atoms with Crippen LogP contribution in [0.2, 0.25) is 0 Å². The van der Waals surface area contributed by atoms with Crippen LogP contribution in [0.3, 0.4) is 0 Å². The maximum atomic E-state index is 12.0. The van der Waals surface area contributed by atoms with Crippen LogP contribution in [0.5, 0.6) is 0 Å². The van der Waals surface area contributed by atoms with Gasteiger partial charge in [0.15, 0.2) is 0 Å². The molecule has 0 aliphatic heterocycles. The minimum atomic E-state index is -0.697. The Morgan fingerprint density at radius 3 is 1.34 bits per heavy atom. The zero-order valence-electron chi connectivity index (χ0n) is 21.7. The van der Waals surface area contributed by atoms with Crippen LogP contribution in [0.4, 0.5) is 9.59 Å². The minimum absolute atomic E-state index is 0.0707. The lowest BCUT2D eigenvalue weighted by molar-refractivity contribution is -0.140. The summed E-state index contributed by atoms with van der Waals surface area (Å²) in [6, 6.07) is 18.7. The maximum absolute atomic E-state index is 12.0. The second kappa shape index (κ2) is 17.2. The van der Waals surface area contributed by atoms with E-state index in [1.807, 2.05) is 60.7 Å². The van der Waals surface area contributed by atoms with Crippen molar-refractivity contribution in [2.75, 3.05) is 40.4 Å². The van der Waals surface area contributed by atoms with Crippen LogP contribution in [0.1, 0.15) is 24.0 Å². The molecule has 0 radical (unpaired) electrons. The van der Waals surface area contributed by atoms with E-state index in [9.17, 15) is 19.2 Å². The smallest absolute Gasteiger partial charge is 0.409 e. The molecule has 0 unspecified atom stereocenters. The van der Waals surface area contributed by atoms with Crippen molar-refractivity contribution < 1.29 is 38.1 Å². The lowest BCUT2D eigenvalue weighted by Gasteiger charge is -2.16. The average Bonchev–Trinajstić information content (AvgIpc) is 2.94. The van der Waals surface area contributed by atoms with E-state index >= 15 is 0 Å². The molecule has 0 atom stereocenters. The largest absolute Gasteiger partial charge is 0.462 e. The second-order valence-electron chi connectivity index (χ2n) is 8.30. The molecule has 0 saturated heterocycles. The predicted octanol–water partition coefficient (Wildman–Crippen LogP) is 3.95. The van der Waals surface area contributed by atoms with Gasteiger partial charge in [-0.25, -0.2) is 19.2 Å². The van der Waals surface area contributed by atoms with Gasteiger partial charge >= 0.3 is 24.1 Å². The van der Waals surface area contributed by atoms with Crippen molar-refractivity contribution in [3.05, 3.63) is 83.9 Å². The molecule has 0 spiro atoms. The fourth-order valence-corrected chi connectivity index (χ4v) is 3.02. The second-order valence-corrected chi connectivity index (χ2v) is 8.30. The Morgan fingerprint density at radius 2 is 0.974 bits per heavy atom. The van der Waals surface area contributed by atoms with Gasteiger partial charge in [-0.2, -0.15) is 0 Å². The van der Waals surface area contributed by atoms with E-state index in [1.165, 1.54) is 9.80 Å². The zero-order chi connectivity index (χ0) is 27.6. The lowest BCUT2D eigenvalue weighted by Crippen LogP contribution is -2.29. The number of amides is 2. The van der Waals surface area contributed by atoms with E-state index in [4.69, 9.17) is 18.9 Å². The Balaban J connectivity index is 1.50. The number of carbonyl (C=O) groups excluding carboxylic acids is 4. The molecule has 0 saturated carbocycles. The van der Waals surface area contributed by atoms with Crippen molar-refractivity contribution in [1.82, 2.24) is 9.80 Å². The number of carbonyl (C=O) groups is 4. The van der Waals surface area contributed by atoms with Gasteiger partial charge in [-0.05, 0) is 24.0 Å². The van der Waals surface area contributed by atoms with Crippen molar-refractivity contribution >= 4 is 24.1 Å². The van der Waals surface area contributed by atoms with E-state index in [2.05, 4.69) is 0 Å². The summed E-state index contributed by atoms with van der Waals surface area (Å²) in [6.45, 7) is 1.17. The minimum Gasteiger partial charge on any atom is -0.462 e. The van der Waals surface area contributed by atoms with Gasteiger partial charge in [-0.3, -0.25) is 0 Å². The molecule has 0 aliphatic carbocycles. The van der Waals surface area contributed by atoms with Crippen molar-refractivity contribution in [1.29, 1.82) is 0 Å². The molecule has 0 aromatic heterocycles. The Bertz CT molecular complexity index is 960. The number of hydrogen-bond donors (Lipinski definition) is 0. The molecule has 38 heavy (non-hydrogen) atoms. The van der Waals surface area contributed by atoms with Crippen molar-refractivity contribution in [3.63, 3.8) is 0 Å². The fourth-order valence-electron chi connectivity index (χ4n) is 3.02. The first kappa shape index (κ1) is 29.9. The normalized spacial score (nSPS) is 10.5.